The lowest BCUT2D eigenvalue weighted by Crippen LogP contribution is -2.02. The summed E-state index contributed by atoms with van der Waals surface area (Å²) in [6.07, 6.45) is 3.85. The highest BCUT2D eigenvalue weighted by Gasteiger charge is 2.20. The highest BCUT2D eigenvalue weighted by atomic mass is 35.5. The van der Waals surface area contributed by atoms with Crippen LogP contribution in [0, 0.1) is 11.7 Å². The number of halogens is 2. The molecule has 1 fully saturated rings. The molecule has 0 atom stereocenters. The number of rotatable bonds is 4. The van der Waals surface area contributed by atoms with Gasteiger partial charge in [-0.05, 0) is 30.5 Å². The van der Waals surface area contributed by atoms with Gasteiger partial charge in [-0.25, -0.2) is 4.39 Å². The maximum Gasteiger partial charge on any atom is 0.125 e. The molecule has 0 heterocycles. The molecule has 1 aromatic carbocycles. The van der Waals surface area contributed by atoms with Gasteiger partial charge in [-0.3, -0.25) is 0 Å². The molecular weight excluding hydrogens is 201 g/mol. The summed E-state index contributed by atoms with van der Waals surface area (Å²) < 4.78 is 12.8. The molecule has 76 valence electrons. The van der Waals surface area contributed by atoms with E-state index < -0.39 is 0 Å². The third kappa shape index (κ3) is 2.61. The summed E-state index contributed by atoms with van der Waals surface area (Å²) in [6.45, 7) is 0.883. The first-order chi connectivity index (χ1) is 6.75. The van der Waals surface area contributed by atoms with Gasteiger partial charge in [0, 0.05) is 6.54 Å². The monoisotopic (exact) mass is 213 g/mol. The predicted molar refractivity (Wildman–Crippen MR) is 57.2 cm³/mol. The first-order valence-corrected chi connectivity index (χ1v) is 5.32. The van der Waals surface area contributed by atoms with Crippen molar-refractivity contribution in [3.05, 3.63) is 29.0 Å². The van der Waals surface area contributed by atoms with E-state index in [9.17, 15) is 4.39 Å². The number of benzene rings is 1. The lowest BCUT2D eigenvalue weighted by atomic mass is 10.2. The van der Waals surface area contributed by atoms with Crippen molar-refractivity contribution in [2.45, 2.75) is 19.3 Å². The molecule has 1 saturated carbocycles. The lowest BCUT2D eigenvalue weighted by molar-refractivity contribution is 0.628. The second-order valence-corrected chi connectivity index (χ2v) is 4.19. The summed E-state index contributed by atoms with van der Waals surface area (Å²) in [4.78, 5) is 0. The van der Waals surface area contributed by atoms with Gasteiger partial charge in [0.15, 0.2) is 0 Å². The molecule has 0 aromatic heterocycles. The molecule has 3 heteroatoms. The summed E-state index contributed by atoms with van der Waals surface area (Å²) in [5.41, 5.74) is 0.701. The Morgan fingerprint density at radius 2 is 2.21 bits per heavy atom. The Bertz CT molecular complexity index is 323. The molecule has 0 unspecified atom stereocenters. The highest BCUT2D eigenvalue weighted by molar-refractivity contribution is 6.33. The van der Waals surface area contributed by atoms with Crippen LogP contribution in [0.4, 0.5) is 10.1 Å². The van der Waals surface area contributed by atoms with E-state index >= 15 is 0 Å². The van der Waals surface area contributed by atoms with Gasteiger partial charge in [0.1, 0.15) is 5.82 Å². The molecule has 0 radical (unpaired) electrons. The summed E-state index contributed by atoms with van der Waals surface area (Å²) in [5, 5.41) is 3.74. The van der Waals surface area contributed by atoms with Crippen LogP contribution >= 0.6 is 11.6 Å². The Kier molecular flexibility index (Phi) is 2.92. The van der Waals surface area contributed by atoms with Crippen LogP contribution in [0.3, 0.4) is 0 Å². The van der Waals surface area contributed by atoms with Gasteiger partial charge in [-0.1, -0.05) is 24.4 Å². The van der Waals surface area contributed by atoms with E-state index in [-0.39, 0.29) is 5.82 Å². The number of hydrogen-bond acceptors (Lipinski definition) is 1. The molecule has 1 nitrogen and oxygen atoms in total. The van der Waals surface area contributed by atoms with Gasteiger partial charge in [-0.15, -0.1) is 0 Å². The van der Waals surface area contributed by atoms with Gasteiger partial charge in [0.05, 0.1) is 10.7 Å². The minimum Gasteiger partial charge on any atom is -0.384 e. The largest absolute Gasteiger partial charge is 0.384 e. The summed E-state index contributed by atoms with van der Waals surface area (Å²) in [7, 11) is 0. The second-order valence-electron chi connectivity index (χ2n) is 3.78. The van der Waals surface area contributed by atoms with Crippen LogP contribution in [-0.2, 0) is 0 Å². The zero-order valence-corrected chi connectivity index (χ0v) is 8.65. The Morgan fingerprint density at radius 3 is 2.93 bits per heavy atom. The van der Waals surface area contributed by atoms with Crippen molar-refractivity contribution < 1.29 is 4.39 Å². The molecule has 0 bridgehead atoms. The number of hydrogen-bond donors (Lipinski definition) is 1. The van der Waals surface area contributed by atoms with Crippen molar-refractivity contribution in [1.29, 1.82) is 0 Å². The highest BCUT2D eigenvalue weighted by Crippen LogP contribution is 2.32. The molecule has 2 rings (SSSR count). The standard InChI is InChI=1S/C11H13ClFN/c12-10-4-3-9(13)7-11(10)14-6-5-8-1-2-8/h3-4,7-8,14H,1-2,5-6H2. The number of anilines is 1. The second kappa shape index (κ2) is 4.18. The molecule has 0 saturated heterocycles. The van der Waals surface area contributed by atoms with Crippen molar-refractivity contribution in [2.24, 2.45) is 5.92 Å². The fraction of sp³-hybridized carbons (Fsp3) is 0.455. The van der Waals surface area contributed by atoms with Gasteiger partial charge >= 0.3 is 0 Å². The quantitative estimate of drug-likeness (QED) is 0.805. The van der Waals surface area contributed by atoms with Crippen LogP contribution < -0.4 is 5.32 Å². The van der Waals surface area contributed by atoms with Crippen LogP contribution in [0.5, 0.6) is 0 Å². The van der Waals surface area contributed by atoms with Gasteiger partial charge in [0.25, 0.3) is 0 Å². The molecule has 0 amide bonds. The van der Waals surface area contributed by atoms with Crippen LogP contribution in [0.25, 0.3) is 0 Å². The Balaban J connectivity index is 1.89. The smallest absolute Gasteiger partial charge is 0.125 e. The van der Waals surface area contributed by atoms with Crippen molar-refractivity contribution in [3.8, 4) is 0 Å². The van der Waals surface area contributed by atoms with Crippen LogP contribution in [0.2, 0.25) is 5.02 Å². The summed E-state index contributed by atoms with van der Waals surface area (Å²) in [5.74, 6) is 0.637. The van der Waals surface area contributed by atoms with Crippen molar-refractivity contribution in [3.63, 3.8) is 0 Å². The van der Waals surface area contributed by atoms with Crippen LogP contribution in [0.15, 0.2) is 18.2 Å². The van der Waals surface area contributed by atoms with Gasteiger partial charge in [-0.2, -0.15) is 0 Å². The van der Waals surface area contributed by atoms with Crippen molar-refractivity contribution in [1.82, 2.24) is 0 Å². The minimum absolute atomic E-state index is 0.247. The van der Waals surface area contributed by atoms with Crippen molar-refractivity contribution >= 4 is 17.3 Å². The fourth-order valence-electron chi connectivity index (χ4n) is 1.45. The first-order valence-electron chi connectivity index (χ1n) is 4.94. The van der Waals surface area contributed by atoms with Crippen molar-refractivity contribution in [2.75, 3.05) is 11.9 Å². The Labute approximate surface area is 88.3 Å². The van der Waals surface area contributed by atoms with E-state index in [0.29, 0.717) is 10.7 Å². The Morgan fingerprint density at radius 1 is 1.43 bits per heavy atom. The molecule has 14 heavy (non-hydrogen) atoms. The summed E-state index contributed by atoms with van der Waals surface area (Å²) >= 11 is 5.90. The minimum atomic E-state index is -0.247. The molecule has 1 aromatic rings. The molecular formula is C11H13ClFN. The van der Waals surface area contributed by atoms with Gasteiger partial charge < -0.3 is 5.32 Å². The zero-order valence-electron chi connectivity index (χ0n) is 7.89. The van der Waals surface area contributed by atoms with E-state index in [1.165, 1.54) is 25.0 Å². The van der Waals surface area contributed by atoms with E-state index in [1.54, 1.807) is 6.07 Å². The number of nitrogens with one attached hydrogen (secondary N) is 1. The zero-order chi connectivity index (χ0) is 9.97. The normalized spacial score (nSPS) is 15.6. The summed E-state index contributed by atoms with van der Waals surface area (Å²) in [6, 6.07) is 4.39. The van der Waals surface area contributed by atoms with E-state index in [2.05, 4.69) is 5.32 Å². The van der Waals surface area contributed by atoms with E-state index in [0.717, 1.165) is 18.9 Å². The molecule has 0 aliphatic heterocycles. The van der Waals surface area contributed by atoms with Gasteiger partial charge in [0.2, 0.25) is 0 Å². The van der Waals surface area contributed by atoms with Crippen LogP contribution in [0.1, 0.15) is 19.3 Å². The fourth-order valence-corrected chi connectivity index (χ4v) is 1.63. The predicted octanol–water partition coefficient (Wildman–Crippen LogP) is 3.69. The van der Waals surface area contributed by atoms with Crippen LogP contribution in [-0.4, -0.2) is 6.54 Å². The topological polar surface area (TPSA) is 12.0 Å². The molecule has 0 spiro atoms. The third-order valence-corrected chi connectivity index (χ3v) is 2.82. The van der Waals surface area contributed by atoms with E-state index in [1.807, 2.05) is 0 Å². The Hall–Kier alpha value is -0.760. The molecule has 1 aliphatic rings. The maximum atomic E-state index is 12.8. The SMILES string of the molecule is Fc1ccc(Cl)c(NCCC2CC2)c1. The third-order valence-electron chi connectivity index (χ3n) is 2.49. The molecule has 1 aliphatic carbocycles. The maximum absolute atomic E-state index is 12.8. The molecule has 1 N–H and O–H groups in total. The van der Waals surface area contributed by atoms with E-state index in [4.69, 9.17) is 11.6 Å². The average molecular weight is 214 g/mol. The average Bonchev–Trinajstić information content (AvgIpc) is 2.95. The first kappa shape index (κ1) is 9.78. The lowest BCUT2D eigenvalue weighted by Gasteiger charge is -2.07.